The fourth-order valence-electron chi connectivity index (χ4n) is 2.03. The molecule has 0 amide bonds. The van der Waals surface area contributed by atoms with E-state index in [1.807, 2.05) is 18.2 Å². The van der Waals surface area contributed by atoms with Crippen molar-refractivity contribution in [1.29, 1.82) is 0 Å². The largest absolute Gasteiger partial charge is 0.381 e. The van der Waals surface area contributed by atoms with Gasteiger partial charge < -0.3 is 10.1 Å². The molecule has 1 aromatic rings. The van der Waals surface area contributed by atoms with Crippen LogP contribution in [0.25, 0.3) is 0 Å². The Bertz CT molecular complexity index is 344. The van der Waals surface area contributed by atoms with Gasteiger partial charge in [-0.2, -0.15) is 0 Å². The molecule has 0 aromatic heterocycles. The minimum Gasteiger partial charge on any atom is -0.381 e. The predicted molar refractivity (Wildman–Crippen MR) is 71.7 cm³/mol. The van der Waals surface area contributed by atoms with Crippen LogP contribution in [0, 0.1) is 5.92 Å². The van der Waals surface area contributed by atoms with Gasteiger partial charge in [0.25, 0.3) is 0 Å². The van der Waals surface area contributed by atoms with Gasteiger partial charge in [-0.05, 0) is 37.4 Å². The van der Waals surface area contributed by atoms with Gasteiger partial charge in [0.15, 0.2) is 0 Å². The van der Waals surface area contributed by atoms with E-state index in [0.29, 0.717) is 5.92 Å². The van der Waals surface area contributed by atoms with Crippen LogP contribution in [-0.4, -0.2) is 19.8 Å². The lowest BCUT2D eigenvalue weighted by Crippen LogP contribution is -2.18. The molecule has 1 aromatic carbocycles. The molecule has 94 valence electrons. The maximum absolute atomic E-state index is 6.09. The van der Waals surface area contributed by atoms with Crippen LogP contribution in [0.1, 0.15) is 18.4 Å². The molecule has 0 radical (unpaired) electrons. The van der Waals surface area contributed by atoms with Crippen LogP contribution < -0.4 is 5.32 Å². The molecule has 1 aliphatic heterocycles. The van der Waals surface area contributed by atoms with Crippen molar-refractivity contribution in [3.8, 4) is 0 Å². The first-order valence-electron chi connectivity index (χ1n) is 5.98. The third kappa shape index (κ3) is 3.85. The molecule has 17 heavy (non-hydrogen) atoms. The van der Waals surface area contributed by atoms with E-state index in [9.17, 15) is 0 Å². The van der Waals surface area contributed by atoms with E-state index in [1.165, 1.54) is 6.42 Å². The maximum atomic E-state index is 6.09. The van der Waals surface area contributed by atoms with E-state index in [1.54, 1.807) is 0 Å². The van der Waals surface area contributed by atoms with Crippen LogP contribution in [0.5, 0.6) is 0 Å². The molecule has 1 fully saturated rings. The van der Waals surface area contributed by atoms with E-state index in [-0.39, 0.29) is 0 Å². The Labute approximate surface area is 112 Å². The van der Waals surface area contributed by atoms with E-state index in [0.717, 1.165) is 48.3 Å². The summed E-state index contributed by atoms with van der Waals surface area (Å²) in [6.07, 6.45) is 2.34. The Kier molecular flexibility index (Phi) is 5.11. The van der Waals surface area contributed by atoms with Crippen LogP contribution in [0.15, 0.2) is 18.2 Å². The number of rotatable bonds is 5. The Morgan fingerprint density at radius 1 is 1.29 bits per heavy atom. The second-order valence-electron chi connectivity index (χ2n) is 4.40. The Balaban J connectivity index is 1.74. The first kappa shape index (κ1) is 13.2. The predicted octanol–water partition coefficient (Wildman–Crippen LogP) is 3.51. The van der Waals surface area contributed by atoms with Gasteiger partial charge in [0, 0.05) is 35.4 Å². The van der Waals surface area contributed by atoms with Crippen molar-refractivity contribution in [3.63, 3.8) is 0 Å². The summed E-state index contributed by atoms with van der Waals surface area (Å²) in [5.41, 5.74) is 0.985. The van der Waals surface area contributed by atoms with Crippen LogP contribution in [0.2, 0.25) is 10.0 Å². The monoisotopic (exact) mass is 273 g/mol. The molecular formula is C13H17Cl2NO. The number of ether oxygens (including phenoxy) is 1. The quantitative estimate of drug-likeness (QED) is 0.830. The Morgan fingerprint density at radius 3 is 2.71 bits per heavy atom. The summed E-state index contributed by atoms with van der Waals surface area (Å²) in [6.45, 7) is 3.54. The summed E-state index contributed by atoms with van der Waals surface area (Å²) < 4.78 is 5.34. The molecule has 4 heteroatoms. The number of hydrogen-bond donors (Lipinski definition) is 1. The molecule has 1 heterocycles. The summed E-state index contributed by atoms with van der Waals surface area (Å²) in [5.74, 6) is 0.712. The smallest absolute Gasteiger partial charge is 0.0495 e. The highest BCUT2D eigenvalue weighted by Gasteiger charge is 2.14. The standard InChI is InChI=1S/C13H17Cl2NO/c14-12-2-1-3-13(15)11(12)8-16-6-4-10-5-7-17-9-10/h1-3,10,16H,4-9H2. The zero-order chi connectivity index (χ0) is 12.1. The molecule has 0 aliphatic carbocycles. The molecule has 0 bridgehead atoms. The van der Waals surface area contributed by atoms with Crippen molar-refractivity contribution in [2.75, 3.05) is 19.8 Å². The average molecular weight is 274 g/mol. The lowest BCUT2D eigenvalue weighted by Gasteiger charge is -2.10. The van der Waals surface area contributed by atoms with Crippen LogP contribution >= 0.6 is 23.2 Å². The second kappa shape index (κ2) is 6.60. The van der Waals surface area contributed by atoms with Crippen LogP contribution in [0.3, 0.4) is 0 Å². The fraction of sp³-hybridized carbons (Fsp3) is 0.538. The van der Waals surface area contributed by atoms with Crippen LogP contribution in [0.4, 0.5) is 0 Å². The topological polar surface area (TPSA) is 21.3 Å². The van der Waals surface area contributed by atoms with Gasteiger partial charge in [0.2, 0.25) is 0 Å². The molecule has 0 spiro atoms. The number of nitrogens with one attached hydrogen (secondary N) is 1. The fourth-order valence-corrected chi connectivity index (χ4v) is 2.56. The summed E-state index contributed by atoms with van der Waals surface area (Å²) in [6, 6.07) is 5.61. The van der Waals surface area contributed by atoms with E-state index < -0.39 is 0 Å². The average Bonchev–Trinajstić information content (AvgIpc) is 2.80. The van der Waals surface area contributed by atoms with Gasteiger partial charge in [-0.15, -0.1) is 0 Å². The summed E-state index contributed by atoms with van der Waals surface area (Å²) >= 11 is 12.2. The molecule has 0 saturated carbocycles. The minimum atomic E-state index is 0.712. The molecule has 1 unspecified atom stereocenters. The summed E-state index contributed by atoms with van der Waals surface area (Å²) in [7, 11) is 0. The zero-order valence-electron chi connectivity index (χ0n) is 9.72. The highest BCUT2D eigenvalue weighted by Crippen LogP contribution is 2.24. The van der Waals surface area contributed by atoms with E-state index in [4.69, 9.17) is 27.9 Å². The highest BCUT2D eigenvalue weighted by molar-refractivity contribution is 6.35. The molecule has 1 atom stereocenters. The Morgan fingerprint density at radius 2 is 2.06 bits per heavy atom. The molecule has 2 rings (SSSR count). The van der Waals surface area contributed by atoms with Crippen molar-refractivity contribution in [3.05, 3.63) is 33.8 Å². The van der Waals surface area contributed by atoms with Crippen molar-refractivity contribution >= 4 is 23.2 Å². The van der Waals surface area contributed by atoms with Gasteiger partial charge in [-0.25, -0.2) is 0 Å². The molecule has 1 aliphatic rings. The van der Waals surface area contributed by atoms with E-state index >= 15 is 0 Å². The van der Waals surface area contributed by atoms with Crippen molar-refractivity contribution in [2.24, 2.45) is 5.92 Å². The minimum absolute atomic E-state index is 0.712. The van der Waals surface area contributed by atoms with Crippen molar-refractivity contribution in [1.82, 2.24) is 5.32 Å². The van der Waals surface area contributed by atoms with Gasteiger partial charge >= 0.3 is 0 Å². The first-order chi connectivity index (χ1) is 8.27. The van der Waals surface area contributed by atoms with Crippen molar-refractivity contribution in [2.45, 2.75) is 19.4 Å². The Hall–Kier alpha value is -0.280. The summed E-state index contributed by atoms with van der Waals surface area (Å²) in [4.78, 5) is 0. The van der Waals surface area contributed by atoms with Gasteiger partial charge in [-0.1, -0.05) is 29.3 Å². The lowest BCUT2D eigenvalue weighted by atomic mass is 10.1. The van der Waals surface area contributed by atoms with Gasteiger partial charge in [0.05, 0.1) is 0 Å². The van der Waals surface area contributed by atoms with Gasteiger partial charge in [0.1, 0.15) is 0 Å². The molecule has 2 nitrogen and oxygen atoms in total. The number of benzene rings is 1. The molecule has 1 saturated heterocycles. The van der Waals surface area contributed by atoms with Crippen LogP contribution in [-0.2, 0) is 11.3 Å². The molecule has 1 N–H and O–H groups in total. The second-order valence-corrected chi connectivity index (χ2v) is 5.21. The first-order valence-corrected chi connectivity index (χ1v) is 6.74. The lowest BCUT2D eigenvalue weighted by molar-refractivity contribution is 0.184. The third-order valence-corrected chi connectivity index (χ3v) is 3.83. The van der Waals surface area contributed by atoms with E-state index in [2.05, 4.69) is 5.32 Å². The van der Waals surface area contributed by atoms with Gasteiger partial charge in [-0.3, -0.25) is 0 Å². The SMILES string of the molecule is Clc1cccc(Cl)c1CNCCC1CCOC1. The number of hydrogen-bond acceptors (Lipinski definition) is 2. The highest BCUT2D eigenvalue weighted by atomic mass is 35.5. The summed E-state index contributed by atoms with van der Waals surface area (Å²) in [5, 5.41) is 4.85. The third-order valence-electron chi connectivity index (χ3n) is 3.12. The molecular weight excluding hydrogens is 257 g/mol. The number of halogens is 2. The zero-order valence-corrected chi connectivity index (χ0v) is 11.2. The van der Waals surface area contributed by atoms with Crippen molar-refractivity contribution < 1.29 is 4.74 Å². The normalized spacial score (nSPS) is 19.8. The maximum Gasteiger partial charge on any atom is 0.0495 e.